The highest BCUT2D eigenvalue weighted by atomic mass is 16.6. The quantitative estimate of drug-likeness (QED) is 0.635. The Hall–Kier alpha value is -1.43. The Morgan fingerprint density at radius 2 is 2.08 bits per heavy atom. The third-order valence-corrected chi connectivity index (χ3v) is 4.63. The number of benzene rings is 1. The standard InChI is InChI=1S/C20H30O5/c1-15(13-24-14-16-6-4-3-5-7-16)12-20(2,23)11-10-17(21)18-8-9-19(22)25-18/h3-7,15,17-18,21,23H,8-14H2,1-2H3/t15-,17-,18-,20-/m1/s1. The number of hydrogen-bond donors (Lipinski definition) is 2. The summed E-state index contributed by atoms with van der Waals surface area (Å²) in [6, 6.07) is 10.0. The number of hydrogen-bond acceptors (Lipinski definition) is 5. The number of carbonyl (C=O) groups excluding carboxylic acids is 1. The second kappa shape index (κ2) is 9.32. The fourth-order valence-corrected chi connectivity index (χ4v) is 3.33. The van der Waals surface area contributed by atoms with Crippen LogP contribution < -0.4 is 0 Å². The predicted molar refractivity (Wildman–Crippen MR) is 94.9 cm³/mol. The minimum atomic E-state index is -0.876. The molecule has 0 aliphatic carbocycles. The fraction of sp³-hybridized carbons (Fsp3) is 0.650. The van der Waals surface area contributed by atoms with Gasteiger partial charge < -0.3 is 19.7 Å². The summed E-state index contributed by atoms with van der Waals surface area (Å²) in [5.74, 6) is -0.0415. The third-order valence-electron chi connectivity index (χ3n) is 4.63. The molecule has 1 aromatic carbocycles. The normalized spacial score (nSPS) is 22.2. The Morgan fingerprint density at radius 3 is 2.72 bits per heavy atom. The van der Waals surface area contributed by atoms with Crippen molar-refractivity contribution in [2.75, 3.05) is 6.61 Å². The molecule has 0 aromatic heterocycles. The van der Waals surface area contributed by atoms with Crippen LogP contribution in [0.25, 0.3) is 0 Å². The van der Waals surface area contributed by atoms with Crippen LogP contribution in [0.1, 0.15) is 51.5 Å². The van der Waals surface area contributed by atoms with Crippen molar-refractivity contribution in [2.45, 2.75) is 70.4 Å². The number of carbonyl (C=O) groups is 1. The summed E-state index contributed by atoms with van der Waals surface area (Å²) in [5, 5.41) is 20.7. The lowest BCUT2D eigenvalue weighted by Gasteiger charge is -2.28. The van der Waals surface area contributed by atoms with Crippen LogP contribution in [0.15, 0.2) is 30.3 Å². The molecule has 5 heteroatoms. The molecule has 1 saturated heterocycles. The maximum atomic E-state index is 11.1. The molecule has 2 N–H and O–H groups in total. The predicted octanol–water partition coefficient (Wildman–Crippen LogP) is 2.83. The van der Waals surface area contributed by atoms with Crippen LogP contribution in [-0.4, -0.2) is 40.6 Å². The molecule has 1 heterocycles. The van der Waals surface area contributed by atoms with Gasteiger partial charge in [-0.1, -0.05) is 37.3 Å². The van der Waals surface area contributed by atoms with Crippen molar-refractivity contribution in [3.63, 3.8) is 0 Å². The van der Waals surface area contributed by atoms with E-state index < -0.39 is 17.8 Å². The van der Waals surface area contributed by atoms with Crippen LogP contribution >= 0.6 is 0 Å². The number of esters is 1. The van der Waals surface area contributed by atoms with Crippen LogP contribution in [0.3, 0.4) is 0 Å². The summed E-state index contributed by atoms with van der Waals surface area (Å²) in [7, 11) is 0. The first-order valence-corrected chi connectivity index (χ1v) is 9.07. The largest absolute Gasteiger partial charge is 0.460 e. The highest BCUT2D eigenvalue weighted by molar-refractivity contribution is 5.71. The van der Waals surface area contributed by atoms with E-state index >= 15 is 0 Å². The van der Waals surface area contributed by atoms with E-state index in [2.05, 4.69) is 6.92 Å². The highest BCUT2D eigenvalue weighted by Crippen LogP contribution is 2.26. The van der Waals surface area contributed by atoms with Crippen molar-refractivity contribution in [3.8, 4) is 0 Å². The molecule has 0 amide bonds. The Morgan fingerprint density at radius 1 is 1.36 bits per heavy atom. The van der Waals surface area contributed by atoms with E-state index in [0.29, 0.717) is 45.3 Å². The van der Waals surface area contributed by atoms with Gasteiger partial charge in [-0.2, -0.15) is 0 Å². The Labute approximate surface area is 150 Å². The first-order valence-electron chi connectivity index (χ1n) is 9.07. The van der Waals surface area contributed by atoms with Crippen molar-refractivity contribution < 1.29 is 24.5 Å². The Balaban J connectivity index is 1.65. The smallest absolute Gasteiger partial charge is 0.306 e. The second-order valence-corrected chi connectivity index (χ2v) is 7.48. The number of ether oxygens (including phenoxy) is 2. The van der Waals surface area contributed by atoms with Crippen molar-refractivity contribution in [3.05, 3.63) is 35.9 Å². The van der Waals surface area contributed by atoms with Gasteiger partial charge in [0, 0.05) is 13.0 Å². The third kappa shape index (κ3) is 7.14. The van der Waals surface area contributed by atoms with E-state index in [1.54, 1.807) is 6.92 Å². The number of aliphatic hydroxyl groups is 2. The molecule has 2 rings (SSSR count). The monoisotopic (exact) mass is 350 g/mol. The lowest BCUT2D eigenvalue weighted by molar-refractivity contribution is -0.145. The van der Waals surface area contributed by atoms with E-state index in [1.807, 2.05) is 30.3 Å². The zero-order valence-electron chi connectivity index (χ0n) is 15.2. The highest BCUT2D eigenvalue weighted by Gasteiger charge is 2.32. The van der Waals surface area contributed by atoms with Crippen molar-refractivity contribution in [1.29, 1.82) is 0 Å². The molecule has 0 bridgehead atoms. The zero-order valence-corrected chi connectivity index (χ0v) is 15.2. The molecule has 140 valence electrons. The molecular weight excluding hydrogens is 320 g/mol. The van der Waals surface area contributed by atoms with Crippen molar-refractivity contribution >= 4 is 5.97 Å². The lowest BCUT2D eigenvalue weighted by atomic mass is 9.87. The molecular formula is C20H30O5. The van der Waals surface area contributed by atoms with Gasteiger partial charge in [-0.15, -0.1) is 0 Å². The van der Waals surface area contributed by atoms with Crippen LogP contribution in [0.4, 0.5) is 0 Å². The van der Waals surface area contributed by atoms with Gasteiger partial charge in [0.15, 0.2) is 0 Å². The molecule has 0 unspecified atom stereocenters. The van der Waals surface area contributed by atoms with Gasteiger partial charge in [0.2, 0.25) is 0 Å². The van der Waals surface area contributed by atoms with E-state index in [4.69, 9.17) is 9.47 Å². The fourth-order valence-electron chi connectivity index (χ4n) is 3.33. The van der Waals surface area contributed by atoms with Crippen LogP contribution in [0.5, 0.6) is 0 Å². The molecule has 25 heavy (non-hydrogen) atoms. The molecule has 5 nitrogen and oxygen atoms in total. The molecule has 0 spiro atoms. The molecule has 4 atom stereocenters. The van der Waals surface area contributed by atoms with Gasteiger partial charge in [-0.05, 0) is 44.1 Å². The molecule has 1 aliphatic rings. The maximum Gasteiger partial charge on any atom is 0.306 e. The summed E-state index contributed by atoms with van der Waals surface area (Å²) in [4.78, 5) is 11.1. The minimum Gasteiger partial charge on any atom is -0.460 e. The molecule has 0 saturated carbocycles. The van der Waals surface area contributed by atoms with E-state index in [1.165, 1.54) is 0 Å². The zero-order chi connectivity index (χ0) is 18.3. The van der Waals surface area contributed by atoms with Crippen LogP contribution in [0.2, 0.25) is 0 Å². The minimum absolute atomic E-state index is 0.208. The van der Waals surface area contributed by atoms with Gasteiger partial charge in [0.1, 0.15) is 6.10 Å². The summed E-state index contributed by atoms with van der Waals surface area (Å²) >= 11 is 0. The van der Waals surface area contributed by atoms with Crippen LogP contribution in [-0.2, 0) is 20.9 Å². The number of cyclic esters (lactones) is 1. The van der Waals surface area contributed by atoms with Gasteiger partial charge >= 0.3 is 5.97 Å². The average molecular weight is 350 g/mol. The average Bonchev–Trinajstić information content (AvgIpc) is 3.00. The number of rotatable bonds is 10. The summed E-state index contributed by atoms with van der Waals surface area (Å²) in [6.07, 6.45) is 1.28. The SMILES string of the molecule is C[C@@H](COCc1ccccc1)C[C@](C)(O)CC[C@@H](O)[C@H]1CCC(=O)O1. The van der Waals surface area contributed by atoms with E-state index in [-0.39, 0.29) is 11.9 Å². The maximum absolute atomic E-state index is 11.1. The summed E-state index contributed by atoms with van der Waals surface area (Å²) in [5.41, 5.74) is 0.259. The molecule has 1 aromatic rings. The molecule has 1 aliphatic heterocycles. The Bertz CT molecular complexity index is 528. The van der Waals surface area contributed by atoms with Crippen molar-refractivity contribution in [1.82, 2.24) is 0 Å². The van der Waals surface area contributed by atoms with E-state index in [9.17, 15) is 15.0 Å². The van der Waals surface area contributed by atoms with Gasteiger partial charge in [-0.3, -0.25) is 4.79 Å². The first-order chi connectivity index (χ1) is 11.9. The van der Waals surface area contributed by atoms with Crippen molar-refractivity contribution in [2.24, 2.45) is 5.92 Å². The van der Waals surface area contributed by atoms with E-state index in [0.717, 1.165) is 5.56 Å². The molecule has 0 radical (unpaired) electrons. The topological polar surface area (TPSA) is 76.0 Å². The van der Waals surface area contributed by atoms with Gasteiger partial charge in [0.05, 0.1) is 18.3 Å². The van der Waals surface area contributed by atoms with Crippen LogP contribution in [0, 0.1) is 5.92 Å². The summed E-state index contributed by atoms with van der Waals surface area (Å²) in [6.45, 7) is 4.98. The van der Waals surface area contributed by atoms with Gasteiger partial charge in [0.25, 0.3) is 0 Å². The number of aliphatic hydroxyl groups excluding tert-OH is 1. The first kappa shape index (κ1) is 19.9. The second-order valence-electron chi connectivity index (χ2n) is 7.48. The molecule has 1 fully saturated rings. The summed E-state index contributed by atoms with van der Waals surface area (Å²) < 4.78 is 10.8. The Kier molecular flexibility index (Phi) is 7.41. The van der Waals surface area contributed by atoms with Gasteiger partial charge in [-0.25, -0.2) is 0 Å². The lowest BCUT2D eigenvalue weighted by Crippen LogP contribution is -2.33.